The van der Waals surface area contributed by atoms with Crippen LogP contribution in [0.15, 0.2) is 0 Å². The first-order valence-electron chi connectivity index (χ1n) is 5.56. The SMILES string of the molecule is CCOC(C)(C)COC(=O)C(C)(C)CC. The van der Waals surface area contributed by atoms with Crippen LogP contribution in [0.4, 0.5) is 0 Å². The summed E-state index contributed by atoms with van der Waals surface area (Å²) in [6, 6.07) is 0. The molecule has 0 heterocycles. The molecule has 0 radical (unpaired) electrons. The van der Waals surface area contributed by atoms with Crippen molar-refractivity contribution in [3.05, 3.63) is 0 Å². The molecule has 0 atom stereocenters. The van der Waals surface area contributed by atoms with Crippen LogP contribution < -0.4 is 0 Å². The Labute approximate surface area is 93.1 Å². The summed E-state index contributed by atoms with van der Waals surface area (Å²) < 4.78 is 10.7. The van der Waals surface area contributed by atoms with Gasteiger partial charge >= 0.3 is 5.97 Å². The first-order valence-corrected chi connectivity index (χ1v) is 5.56. The maximum Gasteiger partial charge on any atom is 0.311 e. The third-order valence-corrected chi connectivity index (χ3v) is 2.52. The summed E-state index contributed by atoms with van der Waals surface area (Å²) in [5, 5.41) is 0. The van der Waals surface area contributed by atoms with Crippen molar-refractivity contribution >= 4 is 5.97 Å². The molecule has 0 bridgehead atoms. The van der Waals surface area contributed by atoms with E-state index in [-0.39, 0.29) is 5.97 Å². The Kier molecular flexibility index (Phi) is 5.29. The van der Waals surface area contributed by atoms with E-state index >= 15 is 0 Å². The second-order valence-electron chi connectivity index (χ2n) is 5.01. The normalized spacial score (nSPS) is 12.7. The quantitative estimate of drug-likeness (QED) is 0.640. The highest BCUT2D eigenvalue weighted by Gasteiger charge is 2.29. The molecule has 0 saturated heterocycles. The first-order chi connectivity index (χ1) is 6.75. The van der Waals surface area contributed by atoms with Gasteiger partial charge in [-0.05, 0) is 41.0 Å². The monoisotopic (exact) mass is 216 g/mol. The fraction of sp³-hybridized carbons (Fsp3) is 0.917. The van der Waals surface area contributed by atoms with E-state index in [0.717, 1.165) is 6.42 Å². The van der Waals surface area contributed by atoms with Crippen LogP contribution >= 0.6 is 0 Å². The van der Waals surface area contributed by atoms with Gasteiger partial charge in [0.1, 0.15) is 6.61 Å². The van der Waals surface area contributed by atoms with Crippen molar-refractivity contribution in [1.82, 2.24) is 0 Å². The number of hydrogen-bond donors (Lipinski definition) is 0. The van der Waals surface area contributed by atoms with Gasteiger partial charge in [0.15, 0.2) is 0 Å². The molecule has 0 aliphatic carbocycles. The van der Waals surface area contributed by atoms with Gasteiger partial charge in [0, 0.05) is 6.61 Å². The van der Waals surface area contributed by atoms with Gasteiger partial charge in [-0.2, -0.15) is 0 Å². The Morgan fingerprint density at radius 1 is 1.13 bits per heavy atom. The van der Waals surface area contributed by atoms with Crippen molar-refractivity contribution in [2.45, 2.75) is 53.6 Å². The van der Waals surface area contributed by atoms with Crippen LogP contribution in [-0.4, -0.2) is 24.8 Å². The molecule has 0 amide bonds. The average molecular weight is 216 g/mol. The molecule has 0 aliphatic rings. The Morgan fingerprint density at radius 2 is 1.67 bits per heavy atom. The van der Waals surface area contributed by atoms with Crippen LogP contribution in [0.25, 0.3) is 0 Å². The second-order valence-corrected chi connectivity index (χ2v) is 5.01. The minimum Gasteiger partial charge on any atom is -0.462 e. The highest BCUT2D eigenvalue weighted by atomic mass is 16.6. The lowest BCUT2D eigenvalue weighted by Gasteiger charge is -2.27. The molecular formula is C12H24O3. The summed E-state index contributed by atoms with van der Waals surface area (Å²) in [6.45, 7) is 12.5. The predicted octanol–water partition coefficient (Wildman–Crippen LogP) is 2.78. The standard InChI is InChI=1S/C12H24O3/c1-7-11(3,4)10(13)14-9-12(5,6)15-8-2/h7-9H2,1-6H3. The zero-order valence-corrected chi connectivity index (χ0v) is 10.8. The third kappa shape index (κ3) is 5.17. The van der Waals surface area contributed by atoms with E-state index in [4.69, 9.17) is 9.47 Å². The third-order valence-electron chi connectivity index (χ3n) is 2.52. The molecule has 3 nitrogen and oxygen atoms in total. The predicted molar refractivity (Wildman–Crippen MR) is 60.7 cm³/mol. The molecule has 0 rings (SSSR count). The van der Waals surface area contributed by atoms with E-state index in [0.29, 0.717) is 13.2 Å². The van der Waals surface area contributed by atoms with Gasteiger partial charge in [0.05, 0.1) is 11.0 Å². The number of ether oxygens (including phenoxy) is 2. The number of hydrogen-bond acceptors (Lipinski definition) is 3. The molecule has 0 aromatic rings. The molecular weight excluding hydrogens is 192 g/mol. The Balaban J connectivity index is 4.11. The van der Waals surface area contributed by atoms with Crippen molar-refractivity contribution in [3.63, 3.8) is 0 Å². The minimum atomic E-state index is -0.401. The molecule has 0 fully saturated rings. The van der Waals surface area contributed by atoms with Gasteiger partial charge in [0.2, 0.25) is 0 Å². The second kappa shape index (κ2) is 5.50. The summed E-state index contributed by atoms with van der Waals surface area (Å²) in [5.74, 6) is -0.155. The number of rotatable bonds is 6. The van der Waals surface area contributed by atoms with Crippen LogP contribution in [-0.2, 0) is 14.3 Å². The van der Waals surface area contributed by atoms with Crippen molar-refractivity contribution in [2.24, 2.45) is 5.41 Å². The zero-order chi connectivity index (χ0) is 12.1. The van der Waals surface area contributed by atoms with Crippen molar-refractivity contribution in [2.75, 3.05) is 13.2 Å². The van der Waals surface area contributed by atoms with Crippen LogP contribution in [0.1, 0.15) is 48.0 Å². The van der Waals surface area contributed by atoms with E-state index in [2.05, 4.69) is 0 Å². The lowest BCUT2D eigenvalue weighted by Crippen LogP contribution is -2.35. The molecule has 0 aliphatic heterocycles. The summed E-state index contributed by atoms with van der Waals surface area (Å²) in [5.41, 5.74) is -0.795. The van der Waals surface area contributed by atoms with Gasteiger partial charge in [-0.15, -0.1) is 0 Å². The molecule has 0 spiro atoms. The van der Waals surface area contributed by atoms with Crippen LogP contribution in [0.5, 0.6) is 0 Å². The molecule has 0 N–H and O–H groups in total. The Bertz CT molecular complexity index is 207. The first kappa shape index (κ1) is 14.4. The van der Waals surface area contributed by atoms with E-state index in [1.165, 1.54) is 0 Å². The summed E-state index contributed by atoms with van der Waals surface area (Å²) in [4.78, 5) is 11.7. The topological polar surface area (TPSA) is 35.5 Å². The van der Waals surface area contributed by atoms with Gasteiger partial charge in [-0.1, -0.05) is 6.92 Å². The van der Waals surface area contributed by atoms with Crippen molar-refractivity contribution in [3.8, 4) is 0 Å². The fourth-order valence-electron chi connectivity index (χ4n) is 1.01. The maximum absolute atomic E-state index is 11.7. The van der Waals surface area contributed by atoms with Gasteiger partial charge in [0.25, 0.3) is 0 Å². The van der Waals surface area contributed by atoms with E-state index in [9.17, 15) is 4.79 Å². The fourth-order valence-corrected chi connectivity index (χ4v) is 1.01. The number of carbonyl (C=O) groups excluding carboxylic acids is 1. The Hall–Kier alpha value is -0.570. The van der Waals surface area contributed by atoms with E-state index in [1.54, 1.807) is 0 Å². The highest BCUT2D eigenvalue weighted by molar-refractivity contribution is 5.75. The lowest BCUT2D eigenvalue weighted by molar-refractivity contribution is -0.163. The number of esters is 1. The minimum absolute atomic E-state index is 0.155. The van der Waals surface area contributed by atoms with Crippen LogP contribution in [0, 0.1) is 5.41 Å². The van der Waals surface area contributed by atoms with Crippen LogP contribution in [0.2, 0.25) is 0 Å². The molecule has 90 valence electrons. The molecule has 15 heavy (non-hydrogen) atoms. The zero-order valence-electron chi connectivity index (χ0n) is 10.8. The Morgan fingerprint density at radius 3 is 2.07 bits per heavy atom. The smallest absolute Gasteiger partial charge is 0.311 e. The molecule has 3 heteroatoms. The van der Waals surface area contributed by atoms with Crippen LogP contribution in [0.3, 0.4) is 0 Å². The van der Waals surface area contributed by atoms with Gasteiger partial charge in [-0.3, -0.25) is 4.79 Å². The maximum atomic E-state index is 11.7. The summed E-state index contributed by atoms with van der Waals surface area (Å²) in [6.07, 6.45) is 0.779. The van der Waals surface area contributed by atoms with Gasteiger partial charge in [-0.25, -0.2) is 0 Å². The average Bonchev–Trinajstić information content (AvgIpc) is 2.14. The largest absolute Gasteiger partial charge is 0.462 e. The summed E-state index contributed by atoms with van der Waals surface area (Å²) in [7, 11) is 0. The summed E-state index contributed by atoms with van der Waals surface area (Å²) >= 11 is 0. The molecule has 0 aromatic heterocycles. The van der Waals surface area contributed by atoms with E-state index < -0.39 is 11.0 Å². The van der Waals surface area contributed by atoms with E-state index in [1.807, 2.05) is 41.5 Å². The van der Waals surface area contributed by atoms with Crippen molar-refractivity contribution in [1.29, 1.82) is 0 Å². The molecule has 0 saturated carbocycles. The highest BCUT2D eigenvalue weighted by Crippen LogP contribution is 2.22. The number of carbonyl (C=O) groups is 1. The molecule has 0 aromatic carbocycles. The lowest BCUT2D eigenvalue weighted by atomic mass is 9.91. The van der Waals surface area contributed by atoms with Gasteiger partial charge < -0.3 is 9.47 Å². The molecule has 0 unspecified atom stereocenters. The van der Waals surface area contributed by atoms with Crippen molar-refractivity contribution < 1.29 is 14.3 Å².